The highest BCUT2D eigenvalue weighted by Gasteiger charge is 2.36. The second kappa shape index (κ2) is 6.09. The Labute approximate surface area is 128 Å². The molecule has 0 spiro atoms. The van der Waals surface area contributed by atoms with Gasteiger partial charge in [-0.05, 0) is 11.6 Å². The third-order valence-electron chi connectivity index (χ3n) is 3.77. The maximum Gasteiger partial charge on any atom is 0.240 e. The van der Waals surface area contributed by atoms with Crippen molar-refractivity contribution in [3.05, 3.63) is 54.0 Å². The highest BCUT2D eigenvalue weighted by Crippen LogP contribution is 2.25. The van der Waals surface area contributed by atoms with E-state index in [-0.39, 0.29) is 13.0 Å². The molecule has 2 atom stereocenters. The molecule has 2 aromatic rings. The lowest BCUT2D eigenvalue weighted by Gasteiger charge is -2.22. The molecule has 0 radical (unpaired) electrons. The van der Waals surface area contributed by atoms with Crippen LogP contribution in [0.5, 0.6) is 0 Å². The number of nitrogens with zero attached hydrogens (tertiary/aromatic N) is 3. The maximum absolute atomic E-state index is 13.6. The van der Waals surface area contributed by atoms with E-state index in [1.807, 2.05) is 30.3 Å². The molecule has 0 unspecified atom stereocenters. The second-order valence-electron chi connectivity index (χ2n) is 5.40. The molecule has 0 bridgehead atoms. The molecule has 22 heavy (non-hydrogen) atoms. The number of hydrogen-bond donors (Lipinski definition) is 1. The van der Waals surface area contributed by atoms with Gasteiger partial charge in [-0.2, -0.15) is 0 Å². The number of primary amides is 1. The van der Waals surface area contributed by atoms with Gasteiger partial charge in [-0.15, -0.1) is 0 Å². The van der Waals surface area contributed by atoms with Crippen LogP contribution in [-0.4, -0.2) is 34.6 Å². The number of benzene rings is 1. The molecule has 0 aliphatic carbocycles. The van der Waals surface area contributed by atoms with Crippen LogP contribution in [0.15, 0.2) is 42.6 Å². The number of hydrogen-bond acceptors (Lipinski definition) is 4. The van der Waals surface area contributed by atoms with E-state index in [1.165, 1.54) is 0 Å². The summed E-state index contributed by atoms with van der Waals surface area (Å²) in [5.74, 6) is 0.655. The molecule has 1 fully saturated rings. The molecule has 1 aliphatic rings. The molecule has 1 aromatic carbocycles. The Bertz CT molecular complexity index is 664. The zero-order valence-electron chi connectivity index (χ0n) is 12.0. The Hall–Kier alpha value is -2.50. The number of carbonyl (C=O) groups is 1. The fourth-order valence-electron chi connectivity index (χ4n) is 2.72. The predicted molar refractivity (Wildman–Crippen MR) is 81.1 cm³/mol. The van der Waals surface area contributed by atoms with Gasteiger partial charge in [0.05, 0.1) is 6.54 Å². The second-order valence-corrected chi connectivity index (χ2v) is 5.40. The zero-order valence-corrected chi connectivity index (χ0v) is 12.0. The van der Waals surface area contributed by atoms with E-state index in [4.69, 9.17) is 5.73 Å². The molecular formula is C16H17FN4O. The minimum Gasteiger partial charge on any atom is -0.368 e. The number of halogens is 1. The maximum atomic E-state index is 13.6. The topological polar surface area (TPSA) is 72.1 Å². The van der Waals surface area contributed by atoms with Crippen molar-refractivity contribution in [1.82, 2.24) is 9.97 Å². The molecule has 6 heteroatoms. The van der Waals surface area contributed by atoms with Crippen LogP contribution < -0.4 is 10.6 Å². The van der Waals surface area contributed by atoms with Crippen LogP contribution in [0, 0.1) is 0 Å². The summed E-state index contributed by atoms with van der Waals surface area (Å²) >= 11 is 0. The van der Waals surface area contributed by atoms with Gasteiger partial charge in [0.25, 0.3) is 0 Å². The van der Waals surface area contributed by atoms with Gasteiger partial charge >= 0.3 is 0 Å². The molecule has 1 aromatic heterocycles. The van der Waals surface area contributed by atoms with Crippen molar-refractivity contribution >= 4 is 11.7 Å². The first kappa shape index (κ1) is 14.4. The van der Waals surface area contributed by atoms with Gasteiger partial charge in [0.2, 0.25) is 5.91 Å². The SMILES string of the molecule is NC(=O)[C@@H]1C[C@@H](F)CN1c1ccnc(Cc2ccccc2)n1. The Morgan fingerprint density at radius 2 is 2.09 bits per heavy atom. The molecule has 1 aliphatic heterocycles. The number of aromatic nitrogens is 2. The molecule has 1 amide bonds. The molecule has 1 saturated heterocycles. The summed E-state index contributed by atoms with van der Waals surface area (Å²) in [5.41, 5.74) is 6.45. The average Bonchev–Trinajstić information content (AvgIpc) is 2.91. The van der Waals surface area contributed by atoms with Gasteiger partial charge < -0.3 is 10.6 Å². The Kier molecular flexibility index (Phi) is 4.00. The van der Waals surface area contributed by atoms with Crippen LogP contribution >= 0.6 is 0 Å². The van der Waals surface area contributed by atoms with Gasteiger partial charge in [-0.3, -0.25) is 4.79 Å². The number of amides is 1. The highest BCUT2D eigenvalue weighted by atomic mass is 19.1. The fraction of sp³-hybridized carbons (Fsp3) is 0.312. The van der Waals surface area contributed by atoms with Crippen molar-refractivity contribution in [3.8, 4) is 0 Å². The first-order chi connectivity index (χ1) is 10.6. The largest absolute Gasteiger partial charge is 0.368 e. The number of rotatable bonds is 4. The van der Waals surface area contributed by atoms with Crippen LogP contribution in [0.2, 0.25) is 0 Å². The van der Waals surface area contributed by atoms with Crippen molar-refractivity contribution in [3.63, 3.8) is 0 Å². The van der Waals surface area contributed by atoms with E-state index in [0.29, 0.717) is 18.1 Å². The van der Waals surface area contributed by atoms with Crippen LogP contribution in [0.25, 0.3) is 0 Å². The Morgan fingerprint density at radius 3 is 2.82 bits per heavy atom. The summed E-state index contributed by atoms with van der Waals surface area (Å²) in [6.07, 6.45) is 1.27. The molecule has 3 rings (SSSR count). The van der Waals surface area contributed by atoms with Crippen molar-refractivity contribution in [2.45, 2.75) is 25.1 Å². The van der Waals surface area contributed by atoms with Crippen molar-refractivity contribution in [1.29, 1.82) is 0 Å². The van der Waals surface area contributed by atoms with Gasteiger partial charge in [0.15, 0.2) is 0 Å². The van der Waals surface area contributed by atoms with Crippen LogP contribution in [0.3, 0.4) is 0 Å². The van der Waals surface area contributed by atoms with Gasteiger partial charge in [0, 0.05) is 19.0 Å². The smallest absolute Gasteiger partial charge is 0.240 e. The summed E-state index contributed by atoms with van der Waals surface area (Å²) in [5, 5.41) is 0. The van der Waals surface area contributed by atoms with Crippen molar-refractivity contribution < 1.29 is 9.18 Å². The molecule has 0 saturated carbocycles. The van der Waals surface area contributed by atoms with Crippen molar-refractivity contribution in [2.75, 3.05) is 11.4 Å². The van der Waals surface area contributed by atoms with Crippen LogP contribution in [0.4, 0.5) is 10.2 Å². The summed E-state index contributed by atoms with van der Waals surface area (Å²) in [6, 6.07) is 10.9. The first-order valence-corrected chi connectivity index (χ1v) is 7.19. The average molecular weight is 300 g/mol. The monoisotopic (exact) mass is 300 g/mol. The van der Waals surface area contributed by atoms with Gasteiger partial charge in [-0.25, -0.2) is 14.4 Å². The number of carbonyl (C=O) groups excluding carboxylic acids is 1. The summed E-state index contributed by atoms with van der Waals surface area (Å²) in [7, 11) is 0. The summed E-state index contributed by atoms with van der Waals surface area (Å²) in [6.45, 7) is 0.134. The first-order valence-electron chi connectivity index (χ1n) is 7.19. The lowest BCUT2D eigenvalue weighted by molar-refractivity contribution is -0.119. The normalized spacial score (nSPS) is 21.0. The molecule has 5 nitrogen and oxygen atoms in total. The highest BCUT2D eigenvalue weighted by molar-refractivity contribution is 5.84. The van der Waals surface area contributed by atoms with Crippen LogP contribution in [0.1, 0.15) is 17.8 Å². The van der Waals surface area contributed by atoms with E-state index in [9.17, 15) is 9.18 Å². The minimum atomic E-state index is -1.06. The Morgan fingerprint density at radius 1 is 1.32 bits per heavy atom. The van der Waals surface area contributed by atoms with E-state index in [2.05, 4.69) is 9.97 Å². The number of alkyl halides is 1. The quantitative estimate of drug-likeness (QED) is 0.928. The molecule has 2 N–H and O–H groups in total. The minimum absolute atomic E-state index is 0.118. The van der Waals surface area contributed by atoms with Crippen molar-refractivity contribution in [2.24, 2.45) is 5.73 Å². The standard InChI is InChI=1S/C16H17FN4O/c17-12-9-13(16(18)22)21(10-12)15-6-7-19-14(20-15)8-11-4-2-1-3-5-11/h1-7,12-13H,8-10H2,(H2,18,22)/t12-,13+/m1/s1. The van der Waals surface area contributed by atoms with Crippen LogP contribution in [-0.2, 0) is 11.2 Å². The zero-order chi connectivity index (χ0) is 15.5. The third-order valence-corrected chi connectivity index (χ3v) is 3.77. The van der Waals surface area contributed by atoms with E-state index in [0.717, 1.165) is 5.56 Å². The third kappa shape index (κ3) is 3.05. The summed E-state index contributed by atoms with van der Waals surface area (Å²) in [4.78, 5) is 21.8. The molecular weight excluding hydrogens is 283 g/mol. The lowest BCUT2D eigenvalue weighted by atomic mass is 10.1. The molecule has 2 heterocycles. The molecule has 114 valence electrons. The number of anilines is 1. The van der Waals surface area contributed by atoms with Gasteiger partial charge in [0.1, 0.15) is 23.9 Å². The summed E-state index contributed by atoms with van der Waals surface area (Å²) < 4.78 is 13.6. The van der Waals surface area contributed by atoms with E-state index in [1.54, 1.807) is 17.2 Å². The lowest BCUT2D eigenvalue weighted by Crippen LogP contribution is -2.40. The number of nitrogens with two attached hydrogens (primary N) is 1. The Balaban J connectivity index is 1.83. The van der Waals surface area contributed by atoms with Gasteiger partial charge in [-0.1, -0.05) is 30.3 Å². The van der Waals surface area contributed by atoms with E-state index >= 15 is 0 Å². The predicted octanol–water partition coefficient (Wildman–Crippen LogP) is 1.47. The fourth-order valence-corrected chi connectivity index (χ4v) is 2.72. The van der Waals surface area contributed by atoms with E-state index < -0.39 is 18.1 Å².